The van der Waals surface area contributed by atoms with Gasteiger partial charge in [-0.05, 0) is 29.8 Å². The molecule has 0 unspecified atom stereocenters. The van der Waals surface area contributed by atoms with Crippen molar-refractivity contribution in [2.45, 2.75) is 6.61 Å². The van der Waals surface area contributed by atoms with Gasteiger partial charge in [-0.15, -0.1) is 0 Å². The van der Waals surface area contributed by atoms with Crippen LogP contribution in [0.2, 0.25) is 10.0 Å². The predicted molar refractivity (Wildman–Crippen MR) is 89.7 cm³/mol. The number of nitrogens with two attached hydrogens (primary N) is 1. The molecule has 0 heterocycles. The normalized spacial score (nSPS) is 10.2. The van der Waals surface area contributed by atoms with Crippen molar-refractivity contribution in [2.24, 2.45) is 5.73 Å². The van der Waals surface area contributed by atoms with Crippen molar-refractivity contribution in [1.82, 2.24) is 0 Å². The van der Waals surface area contributed by atoms with Gasteiger partial charge in [0.25, 0.3) is 0 Å². The summed E-state index contributed by atoms with van der Waals surface area (Å²) in [6.07, 6.45) is 0. The van der Waals surface area contributed by atoms with Crippen LogP contribution in [0.3, 0.4) is 0 Å². The van der Waals surface area contributed by atoms with E-state index in [1.807, 2.05) is 12.1 Å². The van der Waals surface area contributed by atoms with Gasteiger partial charge in [0.1, 0.15) is 17.3 Å². The molecule has 0 aliphatic heterocycles. The van der Waals surface area contributed by atoms with Crippen LogP contribution in [0.4, 0.5) is 0 Å². The van der Waals surface area contributed by atoms with Crippen LogP contribution < -0.4 is 15.2 Å². The summed E-state index contributed by atoms with van der Waals surface area (Å²) in [6.45, 7) is 0.303. The molecule has 0 spiro atoms. The molecule has 0 saturated carbocycles. The first kappa shape index (κ1) is 15.9. The Hall–Kier alpha value is -1.49. The fraction of sp³-hybridized carbons (Fsp3) is 0.133. The van der Waals surface area contributed by atoms with Gasteiger partial charge in [-0.25, -0.2) is 0 Å². The summed E-state index contributed by atoms with van der Waals surface area (Å²) < 4.78 is 10.9. The minimum absolute atomic E-state index is 0.286. The zero-order valence-corrected chi connectivity index (χ0v) is 13.6. The lowest BCUT2D eigenvalue weighted by Crippen LogP contribution is -2.11. The third-order valence-corrected chi connectivity index (χ3v) is 3.65. The number of ether oxygens (including phenoxy) is 2. The van der Waals surface area contributed by atoms with Crippen molar-refractivity contribution >= 4 is 40.4 Å². The highest BCUT2D eigenvalue weighted by molar-refractivity contribution is 7.80. The quantitative estimate of drug-likeness (QED) is 0.827. The van der Waals surface area contributed by atoms with Gasteiger partial charge in [0, 0.05) is 0 Å². The van der Waals surface area contributed by atoms with Crippen LogP contribution in [0.25, 0.3) is 0 Å². The van der Waals surface area contributed by atoms with Crippen LogP contribution in [0.15, 0.2) is 36.4 Å². The van der Waals surface area contributed by atoms with E-state index in [0.29, 0.717) is 33.7 Å². The standard InChI is InChI=1S/C15H13Cl2NO2S/c1-19-13-7-9(5-6-10(13)15(18)21)8-20-14-11(16)3-2-4-12(14)17/h2-7H,8H2,1H3,(H2,18,21). The van der Waals surface area contributed by atoms with E-state index in [1.165, 1.54) is 0 Å². The molecule has 3 nitrogen and oxygen atoms in total. The Morgan fingerprint density at radius 2 is 1.86 bits per heavy atom. The second kappa shape index (κ2) is 6.98. The molecular formula is C15H13Cl2NO2S. The molecular weight excluding hydrogens is 329 g/mol. The summed E-state index contributed by atoms with van der Waals surface area (Å²) in [7, 11) is 1.56. The van der Waals surface area contributed by atoms with Crippen LogP contribution >= 0.6 is 35.4 Å². The van der Waals surface area contributed by atoms with Crippen molar-refractivity contribution in [1.29, 1.82) is 0 Å². The molecule has 0 bridgehead atoms. The smallest absolute Gasteiger partial charge is 0.156 e. The van der Waals surface area contributed by atoms with Gasteiger partial charge in [-0.1, -0.05) is 47.6 Å². The predicted octanol–water partition coefficient (Wildman–Crippen LogP) is 4.22. The van der Waals surface area contributed by atoms with Crippen LogP contribution in [-0.2, 0) is 6.61 Å². The molecule has 0 aliphatic rings. The van der Waals surface area contributed by atoms with Gasteiger partial charge >= 0.3 is 0 Å². The molecule has 2 N–H and O–H groups in total. The topological polar surface area (TPSA) is 44.5 Å². The molecule has 2 aromatic carbocycles. The summed E-state index contributed by atoms with van der Waals surface area (Å²) in [6, 6.07) is 10.7. The first-order valence-corrected chi connectivity index (χ1v) is 7.23. The van der Waals surface area contributed by atoms with Gasteiger partial charge in [0.2, 0.25) is 0 Å². The van der Waals surface area contributed by atoms with Gasteiger partial charge in [-0.3, -0.25) is 0 Å². The monoisotopic (exact) mass is 341 g/mol. The molecule has 2 aromatic rings. The second-order valence-corrected chi connectivity index (χ2v) is 5.49. The first-order chi connectivity index (χ1) is 10.0. The molecule has 2 rings (SSSR count). The van der Waals surface area contributed by atoms with Crippen molar-refractivity contribution < 1.29 is 9.47 Å². The number of halogens is 2. The van der Waals surface area contributed by atoms with Crippen LogP contribution in [-0.4, -0.2) is 12.1 Å². The minimum atomic E-state index is 0.286. The Kier molecular flexibility index (Phi) is 5.28. The highest BCUT2D eigenvalue weighted by Crippen LogP contribution is 2.33. The van der Waals surface area contributed by atoms with E-state index in [1.54, 1.807) is 31.4 Å². The SMILES string of the molecule is COc1cc(COc2c(Cl)cccc2Cl)ccc1C(N)=S. The molecule has 0 saturated heterocycles. The highest BCUT2D eigenvalue weighted by Gasteiger charge is 2.10. The van der Waals surface area contributed by atoms with E-state index in [9.17, 15) is 0 Å². The lowest BCUT2D eigenvalue weighted by atomic mass is 10.1. The van der Waals surface area contributed by atoms with Gasteiger partial charge in [0.15, 0.2) is 5.75 Å². The van der Waals surface area contributed by atoms with Crippen molar-refractivity contribution in [2.75, 3.05) is 7.11 Å². The third kappa shape index (κ3) is 3.79. The second-order valence-electron chi connectivity index (χ2n) is 4.24. The number of hydrogen-bond acceptors (Lipinski definition) is 3. The highest BCUT2D eigenvalue weighted by atomic mass is 35.5. The Labute approximate surface area is 138 Å². The van der Waals surface area contributed by atoms with Crippen LogP contribution in [0.5, 0.6) is 11.5 Å². The summed E-state index contributed by atoms with van der Waals surface area (Å²) in [5.74, 6) is 1.06. The largest absolute Gasteiger partial charge is 0.496 e. The number of hydrogen-bond donors (Lipinski definition) is 1. The summed E-state index contributed by atoms with van der Waals surface area (Å²) >= 11 is 17.1. The van der Waals surface area contributed by atoms with Crippen molar-refractivity contribution in [3.63, 3.8) is 0 Å². The van der Waals surface area contributed by atoms with Gasteiger partial charge in [-0.2, -0.15) is 0 Å². The Morgan fingerprint density at radius 3 is 2.43 bits per heavy atom. The van der Waals surface area contributed by atoms with E-state index in [0.717, 1.165) is 5.56 Å². The van der Waals surface area contributed by atoms with Gasteiger partial charge < -0.3 is 15.2 Å². The maximum Gasteiger partial charge on any atom is 0.156 e. The zero-order valence-electron chi connectivity index (χ0n) is 11.2. The molecule has 0 aliphatic carbocycles. The number of thiocarbonyl (C=S) groups is 1. The molecule has 0 fully saturated rings. The molecule has 6 heteroatoms. The van der Waals surface area contributed by atoms with E-state index in [2.05, 4.69) is 0 Å². The van der Waals surface area contributed by atoms with E-state index >= 15 is 0 Å². The van der Waals surface area contributed by atoms with Crippen LogP contribution in [0.1, 0.15) is 11.1 Å². The molecule has 0 amide bonds. The van der Waals surface area contributed by atoms with Gasteiger partial charge in [0.05, 0.1) is 22.7 Å². The average molecular weight is 342 g/mol. The van der Waals surface area contributed by atoms with Crippen LogP contribution in [0, 0.1) is 0 Å². The lowest BCUT2D eigenvalue weighted by Gasteiger charge is -2.12. The van der Waals surface area contributed by atoms with E-state index in [4.69, 9.17) is 50.6 Å². The molecule has 21 heavy (non-hydrogen) atoms. The Bertz CT molecular complexity index is 656. The maximum atomic E-state index is 6.05. The summed E-state index contributed by atoms with van der Waals surface area (Å²) in [5, 5.41) is 0.934. The fourth-order valence-electron chi connectivity index (χ4n) is 1.80. The van der Waals surface area contributed by atoms with Crippen molar-refractivity contribution in [3.05, 3.63) is 57.6 Å². The fourth-order valence-corrected chi connectivity index (χ4v) is 2.48. The number of benzene rings is 2. The summed E-state index contributed by atoms with van der Waals surface area (Å²) in [4.78, 5) is 0.286. The minimum Gasteiger partial charge on any atom is -0.496 e. The number of methoxy groups -OCH3 is 1. The summed E-state index contributed by atoms with van der Waals surface area (Å²) in [5.41, 5.74) is 7.21. The van der Waals surface area contributed by atoms with E-state index < -0.39 is 0 Å². The molecule has 0 aromatic heterocycles. The zero-order chi connectivity index (χ0) is 15.4. The molecule has 110 valence electrons. The lowest BCUT2D eigenvalue weighted by molar-refractivity contribution is 0.305. The van der Waals surface area contributed by atoms with Crippen molar-refractivity contribution in [3.8, 4) is 11.5 Å². The number of para-hydroxylation sites is 1. The Balaban J connectivity index is 2.19. The third-order valence-electron chi connectivity index (χ3n) is 2.83. The molecule has 0 radical (unpaired) electrons. The Morgan fingerprint density at radius 1 is 1.19 bits per heavy atom. The maximum absolute atomic E-state index is 6.05. The number of rotatable bonds is 5. The molecule has 0 atom stereocenters. The average Bonchev–Trinajstić information content (AvgIpc) is 2.46. The van der Waals surface area contributed by atoms with E-state index in [-0.39, 0.29) is 4.99 Å². The first-order valence-electron chi connectivity index (χ1n) is 6.06.